The average Bonchev–Trinajstić information content (AvgIpc) is 2.71. The first kappa shape index (κ1) is 19.3. The molecule has 2 nitrogen and oxygen atoms in total. The van der Waals surface area contributed by atoms with Gasteiger partial charge in [0.15, 0.2) is 0 Å². The number of rotatable bonds is 8. The largest absolute Gasteiger partial charge is 0.550 e. The molecule has 0 aliphatic rings. The van der Waals surface area contributed by atoms with Gasteiger partial charge >= 0.3 is 0 Å². The van der Waals surface area contributed by atoms with Crippen LogP contribution < -0.4 is 21.0 Å². The molecule has 27 heavy (non-hydrogen) atoms. The maximum atomic E-state index is 16.1. The summed E-state index contributed by atoms with van der Waals surface area (Å²) in [5.41, 5.74) is 0. The Morgan fingerprint density at radius 1 is 0.778 bits per heavy atom. The van der Waals surface area contributed by atoms with Crippen LogP contribution in [-0.4, -0.2) is 11.9 Å². The molecule has 1 unspecified atom stereocenters. The van der Waals surface area contributed by atoms with Gasteiger partial charge in [0.05, 0.1) is 0 Å². The normalized spacial score (nSPS) is 12.5. The van der Waals surface area contributed by atoms with Crippen LogP contribution in [0.25, 0.3) is 0 Å². The van der Waals surface area contributed by atoms with Gasteiger partial charge < -0.3 is 9.90 Å². The second-order valence-electron chi connectivity index (χ2n) is 6.43. The molecular formula is C23H22FO2P. The highest BCUT2D eigenvalue weighted by molar-refractivity contribution is 7.96. The topological polar surface area (TPSA) is 40.1 Å². The number of hydrogen-bond acceptors (Lipinski definition) is 2. The van der Waals surface area contributed by atoms with Crippen LogP contribution in [0.3, 0.4) is 0 Å². The molecule has 0 fully saturated rings. The zero-order valence-corrected chi connectivity index (χ0v) is 15.9. The summed E-state index contributed by atoms with van der Waals surface area (Å²) in [6.07, 6.45) is 0.316. The van der Waals surface area contributed by atoms with Crippen molar-refractivity contribution in [1.82, 2.24) is 0 Å². The van der Waals surface area contributed by atoms with Gasteiger partial charge in [0.2, 0.25) is 5.91 Å². The summed E-state index contributed by atoms with van der Waals surface area (Å²) in [4.78, 5) is 10.8. The fourth-order valence-corrected chi connectivity index (χ4v) is 7.89. The Morgan fingerprint density at radius 3 is 1.48 bits per heavy atom. The number of aliphatic carboxylic acids is 1. The molecule has 0 bridgehead atoms. The van der Waals surface area contributed by atoms with Gasteiger partial charge in [0.25, 0.3) is 0 Å². The number of hydrogen-bond donors (Lipinski definition) is 0. The lowest BCUT2D eigenvalue weighted by Gasteiger charge is -2.30. The number of carbonyl (C=O) groups excluding carboxylic acids is 1. The summed E-state index contributed by atoms with van der Waals surface area (Å²) in [5.74, 6) is -2.31. The van der Waals surface area contributed by atoms with Gasteiger partial charge in [-0.05, 0) is 49.2 Å². The number of carboxylic acid groups (broad SMARTS) is 1. The van der Waals surface area contributed by atoms with Crippen molar-refractivity contribution < 1.29 is 14.3 Å². The van der Waals surface area contributed by atoms with Crippen LogP contribution in [0.5, 0.6) is 0 Å². The minimum atomic E-state index is -2.58. The minimum absolute atomic E-state index is 0.126. The van der Waals surface area contributed by atoms with E-state index in [0.29, 0.717) is 0 Å². The van der Waals surface area contributed by atoms with Gasteiger partial charge in [0.1, 0.15) is 23.2 Å². The highest BCUT2D eigenvalue weighted by Gasteiger charge is 2.52. The number of carboxylic acids is 1. The average molecular weight is 380 g/mol. The van der Waals surface area contributed by atoms with E-state index in [2.05, 4.69) is 0 Å². The quantitative estimate of drug-likeness (QED) is 0.563. The van der Waals surface area contributed by atoms with Crippen LogP contribution in [-0.2, 0) is 4.79 Å². The number of benzene rings is 3. The van der Waals surface area contributed by atoms with Gasteiger partial charge in [-0.15, -0.1) is 0 Å². The third-order valence-corrected chi connectivity index (χ3v) is 9.17. The van der Waals surface area contributed by atoms with Crippen molar-refractivity contribution in [3.8, 4) is 0 Å². The predicted molar refractivity (Wildman–Crippen MR) is 109 cm³/mol. The first-order valence-corrected chi connectivity index (χ1v) is 10.9. The molecule has 0 radical (unpaired) electrons. The summed E-state index contributed by atoms with van der Waals surface area (Å²) >= 11 is 0. The van der Waals surface area contributed by atoms with Crippen LogP contribution in [0.1, 0.15) is 19.3 Å². The predicted octanol–water partition coefficient (Wildman–Crippen LogP) is 3.20. The van der Waals surface area contributed by atoms with E-state index in [4.69, 9.17) is 0 Å². The molecule has 0 heterocycles. The highest BCUT2D eigenvalue weighted by atomic mass is 31.2. The van der Waals surface area contributed by atoms with Crippen LogP contribution in [0.4, 0.5) is 4.39 Å². The van der Waals surface area contributed by atoms with Crippen molar-refractivity contribution >= 4 is 29.1 Å². The van der Waals surface area contributed by atoms with E-state index in [1.165, 1.54) is 0 Å². The molecule has 0 saturated carbocycles. The van der Waals surface area contributed by atoms with Crippen LogP contribution in [0, 0.1) is 0 Å². The van der Waals surface area contributed by atoms with Crippen molar-refractivity contribution in [2.24, 2.45) is 0 Å². The zero-order valence-electron chi connectivity index (χ0n) is 15.0. The van der Waals surface area contributed by atoms with Gasteiger partial charge in [-0.2, -0.15) is 0 Å². The molecular weight excluding hydrogens is 358 g/mol. The van der Waals surface area contributed by atoms with Crippen LogP contribution >= 0.6 is 7.26 Å². The van der Waals surface area contributed by atoms with E-state index in [1.807, 2.05) is 91.0 Å². The molecule has 0 saturated heterocycles. The first-order chi connectivity index (χ1) is 13.2. The zero-order chi connectivity index (χ0) is 19.1. The minimum Gasteiger partial charge on any atom is -0.550 e. The molecule has 0 N–H and O–H groups in total. The summed E-state index contributed by atoms with van der Waals surface area (Å²) in [6, 6.07) is 29.3. The third kappa shape index (κ3) is 4.09. The Kier molecular flexibility index (Phi) is 6.36. The van der Waals surface area contributed by atoms with Crippen molar-refractivity contribution in [3.63, 3.8) is 0 Å². The second kappa shape index (κ2) is 8.92. The van der Waals surface area contributed by atoms with E-state index in [1.54, 1.807) is 0 Å². The molecule has 3 aromatic carbocycles. The van der Waals surface area contributed by atoms with Crippen molar-refractivity contribution in [2.75, 3.05) is 0 Å². The van der Waals surface area contributed by atoms with Crippen molar-refractivity contribution in [3.05, 3.63) is 91.0 Å². The summed E-state index contributed by atoms with van der Waals surface area (Å²) in [7, 11) is -2.58. The molecule has 4 heteroatoms. The lowest BCUT2D eigenvalue weighted by molar-refractivity contribution is -0.305. The number of alkyl halides is 1. The maximum absolute atomic E-state index is 16.1. The van der Waals surface area contributed by atoms with E-state index in [9.17, 15) is 9.90 Å². The monoisotopic (exact) mass is 380 g/mol. The van der Waals surface area contributed by atoms with Crippen molar-refractivity contribution in [2.45, 2.75) is 25.2 Å². The van der Waals surface area contributed by atoms with E-state index in [0.717, 1.165) is 15.9 Å². The van der Waals surface area contributed by atoms with Gasteiger partial charge in [0, 0.05) is 12.4 Å². The van der Waals surface area contributed by atoms with Crippen LogP contribution in [0.15, 0.2) is 91.0 Å². The van der Waals surface area contributed by atoms with E-state index < -0.39 is 19.1 Å². The summed E-state index contributed by atoms with van der Waals surface area (Å²) in [6.45, 7) is 0. The molecule has 3 aromatic rings. The van der Waals surface area contributed by atoms with Crippen molar-refractivity contribution in [1.29, 1.82) is 0 Å². The van der Waals surface area contributed by atoms with Gasteiger partial charge in [-0.3, -0.25) is 0 Å². The first-order valence-electron chi connectivity index (χ1n) is 9.05. The second-order valence-corrected chi connectivity index (χ2v) is 9.98. The fourth-order valence-electron chi connectivity index (χ4n) is 3.53. The Morgan fingerprint density at radius 2 is 1.15 bits per heavy atom. The number of carbonyl (C=O) groups is 1. The van der Waals surface area contributed by atoms with E-state index >= 15 is 4.39 Å². The molecule has 0 aliphatic carbocycles. The Balaban J connectivity index is 2.18. The Bertz CT molecular complexity index is 757. The molecule has 3 rings (SSSR count). The van der Waals surface area contributed by atoms with Gasteiger partial charge in [-0.25, -0.2) is 4.39 Å². The molecule has 0 aliphatic heterocycles. The number of halogens is 1. The molecule has 138 valence electrons. The fraction of sp³-hybridized carbons (Fsp3) is 0.174. The van der Waals surface area contributed by atoms with Crippen LogP contribution in [0.2, 0.25) is 0 Å². The molecule has 0 amide bonds. The lowest BCUT2D eigenvalue weighted by Crippen LogP contribution is -2.37. The SMILES string of the molecule is O=C([O-])CCCC(F)[P+](c1ccccc1)(c1ccccc1)c1ccccc1. The lowest BCUT2D eigenvalue weighted by atomic mass is 10.2. The van der Waals surface area contributed by atoms with E-state index in [-0.39, 0.29) is 19.3 Å². The summed E-state index contributed by atoms with van der Waals surface area (Å²) < 4.78 is 16.1. The Hall–Kier alpha value is -2.51. The third-order valence-electron chi connectivity index (χ3n) is 4.73. The van der Waals surface area contributed by atoms with Gasteiger partial charge in [-0.1, -0.05) is 54.6 Å². The Labute approximate surface area is 160 Å². The molecule has 0 aromatic heterocycles. The molecule has 1 atom stereocenters. The summed E-state index contributed by atoms with van der Waals surface area (Å²) in [5, 5.41) is 13.7. The standard InChI is InChI=1S/C23H22FO2P/c24-22(17-10-18-23(25)26)27(19-11-4-1-5-12-19,20-13-6-2-7-14-20)21-15-8-3-9-16-21/h1-9,11-16,22H,10,17-18H2. The smallest absolute Gasteiger partial charge is 0.219 e. The highest BCUT2D eigenvalue weighted by Crippen LogP contribution is 2.61. The maximum Gasteiger partial charge on any atom is 0.219 e. The molecule has 0 spiro atoms.